The van der Waals surface area contributed by atoms with Crippen LogP contribution in [-0.2, 0) is 6.42 Å². The van der Waals surface area contributed by atoms with Crippen molar-refractivity contribution < 1.29 is 0 Å². The molecule has 1 aromatic rings. The summed E-state index contributed by atoms with van der Waals surface area (Å²) >= 11 is 1.99. The monoisotopic (exact) mass is 278 g/mol. The predicted octanol–water partition coefficient (Wildman–Crippen LogP) is 3.90. The van der Waals surface area contributed by atoms with Crippen LogP contribution < -0.4 is 11.3 Å². The second-order valence-electron chi connectivity index (χ2n) is 5.44. The Bertz CT molecular complexity index is 356. The molecule has 1 aliphatic heterocycles. The van der Waals surface area contributed by atoms with Gasteiger partial charge < -0.3 is 0 Å². The van der Waals surface area contributed by atoms with Crippen molar-refractivity contribution in [3.63, 3.8) is 0 Å². The molecule has 0 aliphatic carbocycles. The van der Waals surface area contributed by atoms with Crippen LogP contribution in [0.3, 0.4) is 0 Å². The molecule has 19 heavy (non-hydrogen) atoms. The van der Waals surface area contributed by atoms with E-state index in [4.69, 9.17) is 5.84 Å². The molecule has 2 rings (SSSR count). The normalized spacial score (nSPS) is 19.4. The molecule has 1 aromatic carbocycles. The first-order chi connectivity index (χ1) is 9.35. The standard InChI is InChI=1S/C16H26N2S/c1-2-3-4-5-6-10-14(18-17)16-12-13-9-7-8-11-15(13)19-16/h7-9,11,14,16,18H,2-6,10,12,17H2,1H3. The van der Waals surface area contributed by atoms with Gasteiger partial charge in [-0.05, 0) is 24.5 Å². The van der Waals surface area contributed by atoms with E-state index in [-0.39, 0.29) is 0 Å². The first kappa shape index (κ1) is 14.9. The molecule has 0 spiro atoms. The van der Waals surface area contributed by atoms with Crippen LogP contribution in [0, 0.1) is 0 Å². The van der Waals surface area contributed by atoms with Crippen LogP contribution in [0.25, 0.3) is 0 Å². The predicted molar refractivity (Wildman–Crippen MR) is 84.3 cm³/mol. The lowest BCUT2D eigenvalue weighted by atomic mass is 10.00. The summed E-state index contributed by atoms with van der Waals surface area (Å²) < 4.78 is 0. The van der Waals surface area contributed by atoms with Gasteiger partial charge in [0, 0.05) is 16.2 Å². The fourth-order valence-electron chi connectivity index (χ4n) is 2.78. The Morgan fingerprint density at radius 2 is 2.05 bits per heavy atom. The Kier molecular flexibility index (Phi) is 6.21. The van der Waals surface area contributed by atoms with Gasteiger partial charge in [-0.3, -0.25) is 11.3 Å². The molecular formula is C16H26N2S. The van der Waals surface area contributed by atoms with Gasteiger partial charge in [-0.1, -0.05) is 57.2 Å². The van der Waals surface area contributed by atoms with Crippen molar-refractivity contribution in [2.24, 2.45) is 5.84 Å². The van der Waals surface area contributed by atoms with E-state index in [0.29, 0.717) is 11.3 Å². The molecule has 0 radical (unpaired) electrons. The van der Waals surface area contributed by atoms with Gasteiger partial charge in [0.25, 0.3) is 0 Å². The molecule has 3 heteroatoms. The van der Waals surface area contributed by atoms with E-state index in [1.165, 1.54) is 49.0 Å². The van der Waals surface area contributed by atoms with Crippen molar-refractivity contribution in [1.82, 2.24) is 5.43 Å². The Morgan fingerprint density at radius 3 is 2.79 bits per heavy atom. The number of fused-ring (bicyclic) bond motifs is 1. The molecule has 0 bridgehead atoms. The SMILES string of the molecule is CCCCCCCC(NN)C1Cc2ccccc2S1. The average Bonchev–Trinajstić information content (AvgIpc) is 2.86. The van der Waals surface area contributed by atoms with E-state index in [9.17, 15) is 0 Å². The summed E-state index contributed by atoms with van der Waals surface area (Å²) in [5, 5.41) is 0.605. The fourth-order valence-corrected chi connectivity index (χ4v) is 4.21. The third-order valence-electron chi connectivity index (χ3n) is 3.95. The lowest BCUT2D eigenvalue weighted by Gasteiger charge is -2.21. The number of hydrogen-bond donors (Lipinski definition) is 2. The molecule has 0 fully saturated rings. The van der Waals surface area contributed by atoms with Gasteiger partial charge in [-0.25, -0.2) is 0 Å². The van der Waals surface area contributed by atoms with E-state index < -0.39 is 0 Å². The van der Waals surface area contributed by atoms with E-state index >= 15 is 0 Å². The van der Waals surface area contributed by atoms with Crippen molar-refractivity contribution >= 4 is 11.8 Å². The first-order valence-electron chi connectivity index (χ1n) is 7.56. The highest BCUT2D eigenvalue weighted by Gasteiger charge is 2.28. The van der Waals surface area contributed by atoms with E-state index in [1.54, 1.807) is 0 Å². The van der Waals surface area contributed by atoms with Gasteiger partial charge in [-0.2, -0.15) is 0 Å². The van der Waals surface area contributed by atoms with Crippen molar-refractivity contribution in [3.8, 4) is 0 Å². The zero-order valence-electron chi connectivity index (χ0n) is 11.9. The molecule has 0 amide bonds. The lowest BCUT2D eigenvalue weighted by molar-refractivity contribution is 0.450. The maximum Gasteiger partial charge on any atom is 0.0336 e. The lowest BCUT2D eigenvalue weighted by Crippen LogP contribution is -2.42. The molecule has 0 aromatic heterocycles. The van der Waals surface area contributed by atoms with Gasteiger partial charge in [0.2, 0.25) is 0 Å². The highest BCUT2D eigenvalue weighted by Crippen LogP contribution is 2.39. The topological polar surface area (TPSA) is 38.0 Å². The number of nitrogens with one attached hydrogen (secondary N) is 1. The molecule has 1 heterocycles. The summed E-state index contributed by atoms with van der Waals surface area (Å²) in [5.74, 6) is 5.77. The highest BCUT2D eigenvalue weighted by atomic mass is 32.2. The van der Waals surface area contributed by atoms with Gasteiger partial charge >= 0.3 is 0 Å². The number of unbranched alkanes of at least 4 members (excludes halogenated alkanes) is 4. The number of benzene rings is 1. The molecule has 2 nitrogen and oxygen atoms in total. The van der Waals surface area contributed by atoms with E-state index in [1.807, 2.05) is 11.8 Å². The third kappa shape index (κ3) is 4.23. The first-order valence-corrected chi connectivity index (χ1v) is 8.43. The minimum atomic E-state index is 0.444. The third-order valence-corrected chi connectivity index (χ3v) is 5.40. The Balaban J connectivity index is 1.77. The fraction of sp³-hybridized carbons (Fsp3) is 0.625. The van der Waals surface area contributed by atoms with Crippen LogP contribution in [0.2, 0.25) is 0 Å². The number of nitrogens with two attached hydrogens (primary N) is 1. The second kappa shape index (κ2) is 7.93. The quantitative estimate of drug-likeness (QED) is 0.430. The Morgan fingerprint density at radius 1 is 1.26 bits per heavy atom. The van der Waals surface area contributed by atoms with Crippen LogP contribution in [0.15, 0.2) is 29.2 Å². The van der Waals surface area contributed by atoms with Gasteiger partial charge in [-0.15, -0.1) is 11.8 Å². The van der Waals surface area contributed by atoms with Crippen LogP contribution >= 0.6 is 11.8 Å². The van der Waals surface area contributed by atoms with E-state index in [2.05, 4.69) is 36.6 Å². The van der Waals surface area contributed by atoms with Gasteiger partial charge in [0.1, 0.15) is 0 Å². The van der Waals surface area contributed by atoms with Crippen LogP contribution in [0.4, 0.5) is 0 Å². The molecule has 0 saturated heterocycles. The zero-order valence-corrected chi connectivity index (χ0v) is 12.7. The van der Waals surface area contributed by atoms with Crippen molar-refractivity contribution in [3.05, 3.63) is 29.8 Å². The molecule has 2 unspecified atom stereocenters. The zero-order chi connectivity index (χ0) is 13.5. The van der Waals surface area contributed by atoms with Crippen molar-refractivity contribution in [1.29, 1.82) is 0 Å². The molecular weight excluding hydrogens is 252 g/mol. The summed E-state index contributed by atoms with van der Waals surface area (Å²) in [6.45, 7) is 2.26. The van der Waals surface area contributed by atoms with Crippen LogP contribution in [0.1, 0.15) is 51.0 Å². The number of rotatable bonds is 8. The molecule has 3 N–H and O–H groups in total. The molecule has 1 aliphatic rings. The summed E-state index contributed by atoms with van der Waals surface area (Å²) in [7, 11) is 0. The Hall–Kier alpha value is -0.510. The molecule has 106 valence electrons. The maximum atomic E-state index is 5.77. The second-order valence-corrected chi connectivity index (χ2v) is 6.73. The van der Waals surface area contributed by atoms with Crippen molar-refractivity contribution in [2.45, 2.75) is 68.1 Å². The molecule has 0 saturated carbocycles. The minimum Gasteiger partial charge on any atom is -0.271 e. The molecule has 2 atom stereocenters. The highest BCUT2D eigenvalue weighted by molar-refractivity contribution is 8.00. The van der Waals surface area contributed by atoms with Gasteiger partial charge in [0.15, 0.2) is 0 Å². The van der Waals surface area contributed by atoms with E-state index in [0.717, 1.165) is 6.42 Å². The number of thioether (sulfide) groups is 1. The maximum absolute atomic E-state index is 5.77. The summed E-state index contributed by atoms with van der Waals surface area (Å²) in [6, 6.07) is 9.19. The average molecular weight is 278 g/mol. The number of hydrazine groups is 1. The summed E-state index contributed by atoms with van der Waals surface area (Å²) in [4.78, 5) is 1.44. The minimum absolute atomic E-state index is 0.444. The Labute approximate surface area is 121 Å². The smallest absolute Gasteiger partial charge is 0.0336 e. The van der Waals surface area contributed by atoms with Crippen LogP contribution in [0.5, 0.6) is 0 Å². The summed E-state index contributed by atoms with van der Waals surface area (Å²) in [5.41, 5.74) is 4.54. The van der Waals surface area contributed by atoms with Gasteiger partial charge in [0.05, 0.1) is 0 Å². The van der Waals surface area contributed by atoms with Crippen LogP contribution in [-0.4, -0.2) is 11.3 Å². The summed E-state index contributed by atoms with van der Waals surface area (Å²) in [6.07, 6.45) is 9.04. The number of hydrogen-bond acceptors (Lipinski definition) is 3. The largest absolute Gasteiger partial charge is 0.271 e. The van der Waals surface area contributed by atoms with Crippen molar-refractivity contribution in [2.75, 3.05) is 0 Å².